The lowest BCUT2D eigenvalue weighted by molar-refractivity contribution is -0.384. The van der Waals surface area contributed by atoms with Crippen LogP contribution < -0.4 is 4.74 Å². The van der Waals surface area contributed by atoms with E-state index >= 15 is 0 Å². The first kappa shape index (κ1) is 12.6. The molecule has 0 aliphatic carbocycles. The van der Waals surface area contributed by atoms with Gasteiger partial charge in [0.05, 0.1) is 10.6 Å². The van der Waals surface area contributed by atoms with E-state index in [1.807, 2.05) is 31.5 Å². The van der Waals surface area contributed by atoms with Crippen LogP contribution in [0.15, 0.2) is 42.7 Å². The van der Waals surface area contributed by atoms with Crippen LogP contribution in [-0.4, -0.2) is 14.5 Å². The van der Waals surface area contributed by atoms with Crippen LogP contribution in [0.3, 0.4) is 0 Å². The molecule has 18 heavy (non-hydrogen) atoms. The van der Waals surface area contributed by atoms with Crippen molar-refractivity contribution in [3.05, 3.63) is 52.8 Å². The summed E-state index contributed by atoms with van der Waals surface area (Å²) < 4.78 is 7.35. The molecule has 0 spiro atoms. The number of nitrogens with zero attached hydrogens (tertiary/aromatic N) is 2. The van der Waals surface area contributed by atoms with Gasteiger partial charge in [-0.15, -0.1) is 0 Å². The normalized spacial score (nSPS) is 12.1. The monoisotopic (exact) mass is 310 g/mol. The van der Waals surface area contributed by atoms with Crippen LogP contribution in [0.2, 0.25) is 0 Å². The first-order valence-corrected chi connectivity index (χ1v) is 6.22. The van der Waals surface area contributed by atoms with E-state index in [2.05, 4.69) is 15.9 Å². The molecule has 0 amide bonds. The lowest BCUT2D eigenvalue weighted by Crippen LogP contribution is -2.05. The average Bonchev–Trinajstić information content (AvgIpc) is 2.81. The first-order valence-electron chi connectivity index (χ1n) is 5.30. The number of hydrogen-bond acceptors (Lipinski definition) is 3. The van der Waals surface area contributed by atoms with Crippen molar-refractivity contribution < 1.29 is 9.66 Å². The molecule has 0 fully saturated rings. The molecule has 2 rings (SSSR count). The Morgan fingerprint density at radius 1 is 1.39 bits per heavy atom. The standard InChI is InChI=1S/C12H11BrN2O3/c1-9(13)18-12-5-4-10(15(16)17)8-11(12)14-6-2-3-7-14/h2-9H,1H3. The van der Waals surface area contributed by atoms with Crippen LogP contribution >= 0.6 is 15.9 Å². The fourth-order valence-corrected chi connectivity index (χ4v) is 1.79. The Kier molecular flexibility index (Phi) is 3.66. The van der Waals surface area contributed by atoms with E-state index < -0.39 is 4.92 Å². The van der Waals surface area contributed by atoms with E-state index in [0.29, 0.717) is 11.4 Å². The number of non-ortho nitro benzene ring substituents is 1. The third-order valence-electron chi connectivity index (χ3n) is 2.33. The number of nitro groups is 1. The fraction of sp³-hybridized carbons (Fsp3) is 0.167. The molecule has 0 aliphatic rings. The molecule has 0 radical (unpaired) electrons. The summed E-state index contributed by atoms with van der Waals surface area (Å²) in [5.41, 5.74) is 0.675. The minimum atomic E-state index is -0.422. The van der Waals surface area contributed by atoms with Crippen LogP contribution in [0.4, 0.5) is 5.69 Å². The Labute approximate surface area is 112 Å². The number of halogens is 1. The van der Waals surface area contributed by atoms with Crippen molar-refractivity contribution in [1.82, 2.24) is 4.57 Å². The number of rotatable bonds is 4. The summed E-state index contributed by atoms with van der Waals surface area (Å²) >= 11 is 3.29. The first-order chi connectivity index (χ1) is 8.58. The summed E-state index contributed by atoms with van der Waals surface area (Å²) in [6.07, 6.45) is 3.62. The molecule has 1 unspecified atom stereocenters. The Morgan fingerprint density at radius 3 is 2.61 bits per heavy atom. The predicted octanol–water partition coefficient (Wildman–Crippen LogP) is 3.51. The number of ether oxygens (including phenoxy) is 1. The lowest BCUT2D eigenvalue weighted by Gasteiger charge is -2.13. The predicted molar refractivity (Wildman–Crippen MR) is 71.4 cm³/mol. The zero-order valence-corrected chi connectivity index (χ0v) is 11.2. The van der Waals surface area contributed by atoms with Gasteiger partial charge in [0.2, 0.25) is 0 Å². The molecule has 5 nitrogen and oxygen atoms in total. The quantitative estimate of drug-likeness (QED) is 0.493. The highest BCUT2D eigenvalue weighted by Gasteiger charge is 2.14. The lowest BCUT2D eigenvalue weighted by atomic mass is 10.2. The van der Waals surface area contributed by atoms with Crippen LogP contribution in [0, 0.1) is 10.1 Å². The molecule has 0 saturated carbocycles. The van der Waals surface area contributed by atoms with Crippen LogP contribution in [0.5, 0.6) is 5.75 Å². The van der Waals surface area contributed by atoms with Crippen molar-refractivity contribution in [3.8, 4) is 11.4 Å². The van der Waals surface area contributed by atoms with Gasteiger partial charge in [0.1, 0.15) is 5.75 Å². The van der Waals surface area contributed by atoms with E-state index in [1.54, 1.807) is 10.6 Å². The second-order valence-corrected chi connectivity index (χ2v) is 4.95. The molecular formula is C12H11BrN2O3. The SMILES string of the molecule is CC(Br)Oc1ccc([N+](=O)[O-])cc1-n1cccc1. The molecule has 0 N–H and O–H groups in total. The van der Waals surface area contributed by atoms with Gasteiger partial charge in [0, 0.05) is 24.5 Å². The molecule has 6 heteroatoms. The van der Waals surface area contributed by atoms with Crippen molar-refractivity contribution in [2.24, 2.45) is 0 Å². The molecule has 1 heterocycles. The van der Waals surface area contributed by atoms with Gasteiger partial charge in [-0.2, -0.15) is 0 Å². The highest BCUT2D eigenvalue weighted by atomic mass is 79.9. The van der Waals surface area contributed by atoms with Gasteiger partial charge >= 0.3 is 0 Å². The number of benzene rings is 1. The molecule has 0 saturated heterocycles. The van der Waals surface area contributed by atoms with E-state index in [9.17, 15) is 10.1 Å². The maximum Gasteiger partial charge on any atom is 0.271 e. The van der Waals surface area contributed by atoms with Crippen molar-refractivity contribution in [2.45, 2.75) is 11.9 Å². The van der Waals surface area contributed by atoms with Crippen LogP contribution in [-0.2, 0) is 0 Å². The Morgan fingerprint density at radius 2 is 2.06 bits per heavy atom. The molecular weight excluding hydrogens is 300 g/mol. The molecule has 1 atom stereocenters. The van der Waals surface area contributed by atoms with Crippen molar-refractivity contribution in [2.75, 3.05) is 0 Å². The minimum Gasteiger partial charge on any atom is -0.477 e. The van der Waals surface area contributed by atoms with Crippen LogP contribution in [0.1, 0.15) is 6.92 Å². The molecule has 1 aromatic heterocycles. The van der Waals surface area contributed by atoms with Gasteiger partial charge < -0.3 is 9.30 Å². The number of hydrogen-bond donors (Lipinski definition) is 0. The Hall–Kier alpha value is -1.82. The van der Waals surface area contributed by atoms with Gasteiger partial charge in [0.25, 0.3) is 5.69 Å². The number of aromatic nitrogens is 1. The second kappa shape index (κ2) is 5.22. The molecule has 2 aromatic rings. The highest BCUT2D eigenvalue weighted by Crippen LogP contribution is 2.29. The Bertz CT molecular complexity index is 552. The van der Waals surface area contributed by atoms with E-state index in [4.69, 9.17) is 4.74 Å². The second-order valence-electron chi connectivity index (χ2n) is 3.66. The third-order valence-corrected chi connectivity index (χ3v) is 2.51. The highest BCUT2D eigenvalue weighted by molar-refractivity contribution is 9.09. The summed E-state index contributed by atoms with van der Waals surface area (Å²) in [7, 11) is 0. The van der Waals surface area contributed by atoms with E-state index in [1.165, 1.54) is 12.1 Å². The summed E-state index contributed by atoms with van der Waals surface area (Å²) in [6.45, 7) is 1.83. The Balaban J connectivity index is 2.50. The van der Waals surface area contributed by atoms with Crippen molar-refractivity contribution in [1.29, 1.82) is 0 Å². The smallest absolute Gasteiger partial charge is 0.271 e. The molecule has 94 valence electrons. The number of nitro benzene ring substituents is 1. The van der Waals surface area contributed by atoms with Gasteiger partial charge in [-0.05, 0) is 41.1 Å². The third kappa shape index (κ3) is 2.70. The number of alkyl halides is 1. The van der Waals surface area contributed by atoms with Crippen molar-refractivity contribution in [3.63, 3.8) is 0 Å². The maximum absolute atomic E-state index is 10.8. The fourth-order valence-electron chi connectivity index (χ4n) is 1.59. The summed E-state index contributed by atoms with van der Waals surface area (Å²) in [5.74, 6) is 0.584. The summed E-state index contributed by atoms with van der Waals surface area (Å²) in [6, 6.07) is 8.22. The summed E-state index contributed by atoms with van der Waals surface area (Å²) in [4.78, 5) is 10.4. The maximum atomic E-state index is 10.8. The molecule has 0 bridgehead atoms. The largest absolute Gasteiger partial charge is 0.477 e. The van der Waals surface area contributed by atoms with Crippen molar-refractivity contribution >= 4 is 21.6 Å². The zero-order valence-electron chi connectivity index (χ0n) is 9.62. The van der Waals surface area contributed by atoms with Gasteiger partial charge in [-0.3, -0.25) is 10.1 Å². The minimum absolute atomic E-state index is 0.0354. The van der Waals surface area contributed by atoms with Gasteiger partial charge in [-0.1, -0.05) is 0 Å². The molecule has 0 aliphatic heterocycles. The summed E-state index contributed by atoms with van der Waals surface area (Å²) in [5, 5.41) is 10.6. The van der Waals surface area contributed by atoms with E-state index in [0.717, 1.165) is 0 Å². The average molecular weight is 311 g/mol. The van der Waals surface area contributed by atoms with E-state index in [-0.39, 0.29) is 10.7 Å². The molecule has 1 aromatic carbocycles. The van der Waals surface area contributed by atoms with Gasteiger partial charge in [-0.25, -0.2) is 0 Å². The van der Waals surface area contributed by atoms with Crippen LogP contribution in [0.25, 0.3) is 5.69 Å². The van der Waals surface area contributed by atoms with Gasteiger partial charge in [0.15, 0.2) is 5.01 Å². The topological polar surface area (TPSA) is 57.3 Å². The zero-order chi connectivity index (χ0) is 13.1.